The lowest BCUT2D eigenvalue weighted by atomic mass is 9.90. The standard InChI is InChI=1S/C16H30N2S/c1-3-13-11-17-16(8-4-5-9-16)12-18(13)14-6-7-15(10-14)19-2/h13-15,17H,3-12H2,1-2H3. The van der Waals surface area contributed by atoms with Crippen LogP contribution in [0.3, 0.4) is 0 Å². The van der Waals surface area contributed by atoms with Crippen molar-refractivity contribution in [2.45, 2.75) is 81.2 Å². The maximum Gasteiger partial charge on any atom is 0.0309 e. The average molecular weight is 282 g/mol. The third kappa shape index (κ3) is 2.84. The van der Waals surface area contributed by atoms with Crippen LogP contribution in [0.25, 0.3) is 0 Å². The van der Waals surface area contributed by atoms with Crippen LogP contribution in [0.5, 0.6) is 0 Å². The minimum atomic E-state index is 0.489. The fourth-order valence-corrected chi connectivity index (χ4v) is 5.40. The van der Waals surface area contributed by atoms with Gasteiger partial charge < -0.3 is 5.32 Å². The Morgan fingerprint density at radius 1 is 1.26 bits per heavy atom. The molecule has 3 rings (SSSR count). The Morgan fingerprint density at radius 2 is 2.05 bits per heavy atom. The number of hydrogen-bond donors (Lipinski definition) is 1. The molecule has 2 saturated carbocycles. The normalized spacial score (nSPS) is 39.2. The number of rotatable bonds is 3. The first-order valence-corrected chi connectivity index (χ1v) is 9.59. The molecule has 0 amide bonds. The van der Waals surface area contributed by atoms with Crippen molar-refractivity contribution in [2.75, 3.05) is 19.3 Å². The van der Waals surface area contributed by atoms with Crippen molar-refractivity contribution < 1.29 is 0 Å². The van der Waals surface area contributed by atoms with E-state index in [1.165, 1.54) is 64.5 Å². The van der Waals surface area contributed by atoms with Gasteiger partial charge >= 0.3 is 0 Å². The van der Waals surface area contributed by atoms with Gasteiger partial charge in [0.15, 0.2) is 0 Å². The highest BCUT2D eigenvalue weighted by atomic mass is 32.2. The second-order valence-electron chi connectivity index (χ2n) is 6.93. The molecule has 19 heavy (non-hydrogen) atoms. The molecular weight excluding hydrogens is 252 g/mol. The molecule has 1 N–H and O–H groups in total. The topological polar surface area (TPSA) is 15.3 Å². The Bertz CT molecular complexity index is 301. The molecule has 3 fully saturated rings. The third-order valence-electron chi connectivity index (χ3n) is 5.86. The van der Waals surface area contributed by atoms with Crippen LogP contribution >= 0.6 is 11.8 Å². The first-order chi connectivity index (χ1) is 9.26. The molecule has 0 aromatic heterocycles. The molecule has 3 aliphatic rings. The highest BCUT2D eigenvalue weighted by molar-refractivity contribution is 7.99. The summed E-state index contributed by atoms with van der Waals surface area (Å²) in [6, 6.07) is 1.67. The van der Waals surface area contributed by atoms with E-state index in [1.807, 2.05) is 0 Å². The van der Waals surface area contributed by atoms with E-state index in [1.54, 1.807) is 0 Å². The van der Waals surface area contributed by atoms with Gasteiger partial charge in [0.1, 0.15) is 0 Å². The molecule has 110 valence electrons. The van der Waals surface area contributed by atoms with E-state index in [-0.39, 0.29) is 0 Å². The zero-order valence-corrected chi connectivity index (χ0v) is 13.5. The summed E-state index contributed by atoms with van der Waals surface area (Å²) in [5.74, 6) is 0. The van der Waals surface area contributed by atoms with Crippen LogP contribution < -0.4 is 5.32 Å². The predicted molar refractivity (Wildman–Crippen MR) is 84.9 cm³/mol. The van der Waals surface area contributed by atoms with Gasteiger partial charge in [-0.1, -0.05) is 19.8 Å². The number of thioether (sulfide) groups is 1. The van der Waals surface area contributed by atoms with E-state index in [9.17, 15) is 0 Å². The van der Waals surface area contributed by atoms with Crippen molar-refractivity contribution >= 4 is 11.8 Å². The number of hydrogen-bond acceptors (Lipinski definition) is 3. The van der Waals surface area contributed by atoms with Gasteiger partial charge in [0.2, 0.25) is 0 Å². The maximum absolute atomic E-state index is 3.93. The van der Waals surface area contributed by atoms with Crippen molar-refractivity contribution in [1.82, 2.24) is 10.2 Å². The van der Waals surface area contributed by atoms with Crippen LogP contribution in [0.4, 0.5) is 0 Å². The molecule has 1 aliphatic heterocycles. The molecule has 1 heterocycles. The van der Waals surface area contributed by atoms with Crippen molar-refractivity contribution in [1.29, 1.82) is 0 Å². The van der Waals surface area contributed by atoms with Crippen molar-refractivity contribution in [3.05, 3.63) is 0 Å². The quantitative estimate of drug-likeness (QED) is 0.855. The molecule has 1 spiro atoms. The largest absolute Gasteiger partial charge is 0.308 e. The minimum absolute atomic E-state index is 0.489. The average Bonchev–Trinajstić information content (AvgIpc) is 3.08. The lowest BCUT2D eigenvalue weighted by Crippen LogP contribution is -2.64. The summed E-state index contributed by atoms with van der Waals surface area (Å²) in [4.78, 5) is 2.91. The fraction of sp³-hybridized carbons (Fsp3) is 1.00. The van der Waals surface area contributed by atoms with Gasteiger partial charge in [-0.3, -0.25) is 4.90 Å². The van der Waals surface area contributed by atoms with Crippen LogP contribution in [-0.2, 0) is 0 Å². The molecule has 2 nitrogen and oxygen atoms in total. The number of nitrogens with zero attached hydrogens (tertiary/aromatic N) is 1. The van der Waals surface area contributed by atoms with Gasteiger partial charge in [-0.15, -0.1) is 0 Å². The van der Waals surface area contributed by atoms with Crippen LogP contribution in [0.15, 0.2) is 0 Å². The van der Waals surface area contributed by atoms with Gasteiger partial charge in [0.25, 0.3) is 0 Å². The number of nitrogens with one attached hydrogen (secondary N) is 1. The van der Waals surface area contributed by atoms with Gasteiger partial charge in [0, 0.05) is 36.0 Å². The zero-order valence-electron chi connectivity index (χ0n) is 12.7. The minimum Gasteiger partial charge on any atom is -0.308 e. The summed E-state index contributed by atoms with van der Waals surface area (Å²) in [5.41, 5.74) is 0.489. The molecule has 0 aromatic rings. The van der Waals surface area contributed by atoms with Crippen LogP contribution in [0.1, 0.15) is 58.3 Å². The molecule has 1 saturated heterocycles. The zero-order chi connectivity index (χ0) is 13.3. The smallest absolute Gasteiger partial charge is 0.0309 e. The maximum atomic E-state index is 3.93. The lowest BCUT2D eigenvalue weighted by Gasteiger charge is -2.49. The van der Waals surface area contributed by atoms with E-state index >= 15 is 0 Å². The molecule has 0 bridgehead atoms. The van der Waals surface area contributed by atoms with Crippen molar-refractivity contribution in [3.63, 3.8) is 0 Å². The predicted octanol–water partition coefficient (Wildman–Crippen LogP) is 3.27. The van der Waals surface area contributed by atoms with Crippen LogP contribution in [0.2, 0.25) is 0 Å². The van der Waals surface area contributed by atoms with Crippen molar-refractivity contribution in [3.8, 4) is 0 Å². The second kappa shape index (κ2) is 5.95. The highest BCUT2D eigenvalue weighted by Gasteiger charge is 2.43. The molecule has 3 heteroatoms. The van der Waals surface area contributed by atoms with Crippen LogP contribution in [0, 0.1) is 0 Å². The van der Waals surface area contributed by atoms with E-state index < -0.39 is 0 Å². The first kappa shape index (κ1) is 14.2. The molecule has 2 aliphatic carbocycles. The first-order valence-electron chi connectivity index (χ1n) is 8.30. The lowest BCUT2D eigenvalue weighted by molar-refractivity contribution is 0.0429. The fourth-order valence-electron chi connectivity index (χ4n) is 4.61. The Balaban J connectivity index is 1.69. The summed E-state index contributed by atoms with van der Waals surface area (Å²) < 4.78 is 0. The summed E-state index contributed by atoms with van der Waals surface area (Å²) in [6.45, 7) is 4.93. The van der Waals surface area contributed by atoms with Gasteiger partial charge in [-0.2, -0.15) is 11.8 Å². The van der Waals surface area contributed by atoms with E-state index in [0.717, 1.165) is 17.3 Å². The van der Waals surface area contributed by atoms with Gasteiger partial charge in [0.05, 0.1) is 0 Å². The molecular formula is C16H30N2S. The van der Waals surface area contributed by atoms with E-state index in [4.69, 9.17) is 0 Å². The number of piperazine rings is 1. The Morgan fingerprint density at radius 3 is 2.68 bits per heavy atom. The van der Waals surface area contributed by atoms with Crippen LogP contribution in [-0.4, -0.2) is 47.1 Å². The Hall–Kier alpha value is 0.270. The van der Waals surface area contributed by atoms with Gasteiger partial charge in [-0.25, -0.2) is 0 Å². The highest BCUT2D eigenvalue weighted by Crippen LogP contribution is 2.38. The summed E-state index contributed by atoms with van der Waals surface area (Å²) in [5, 5.41) is 4.85. The second-order valence-corrected chi connectivity index (χ2v) is 8.07. The van der Waals surface area contributed by atoms with E-state index in [2.05, 4.69) is 35.2 Å². The summed E-state index contributed by atoms with van der Waals surface area (Å²) in [7, 11) is 0. The molecule has 0 aromatic carbocycles. The summed E-state index contributed by atoms with van der Waals surface area (Å²) >= 11 is 2.09. The molecule has 3 atom stereocenters. The molecule has 0 radical (unpaired) electrons. The Kier molecular flexibility index (Phi) is 4.45. The SMILES string of the molecule is CCC1CNC2(CCCC2)CN1C1CCC(SC)C1. The Labute approximate surface area is 123 Å². The van der Waals surface area contributed by atoms with E-state index in [0.29, 0.717) is 5.54 Å². The third-order valence-corrected chi connectivity index (χ3v) is 6.95. The molecule has 3 unspecified atom stereocenters. The summed E-state index contributed by atoms with van der Waals surface area (Å²) in [6.07, 6.45) is 13.6. The van der Waals surface area contributed by atoms with Crippen molar-refractivity contribution in [2.24, 2.45) is 0 Å². The van der Waals surface area contributed by atoms with Gasteiger partial charge in [-0.05, 0) is 44.8 Å². The monoisotopic (exact) mass is 282 g/mol.